The molecule has 0 atom stereocenters. The van der Waals surface area contributed by atoms with Crippen LogP contribution in [0.1, 0.15) is 0 Å². The van der Waals surface area contributed by atoms with Crippen LogP contribution in [-0.2, 0) is 71.0 Å². The summed E-state index contributed by atoms with van der Waals surface area (Å²) in [5, 5.41) is 0. The van der Waals surface area contributed by atoms with Crippen LogP contribution in [0.5, 0.6) is 0 Å². The second-order valence-electron chi connectivity index (χ2n) is 0.448. The van der Waals surface area contributed by atoms with Gasteiger partial charge >= 0.3 is 67.3 Å². The summed E-state index contributed by atoms with van der Waals surface area (Å²) < 4.78 is 31.9. The van der Waals surface area contributed by atoms with E-state index in [1.165, 1.54) is 0 Å². The molecule has 0 aliphatic rings. The van der Waals surface area contributed by atoms with Crippen molar-refractivity contribution >= 4 is 37.7 Å². The predicted molar refractivity (Wildman–Crippen MR) is 18.0 cm³/mol. The topological polar surface area (TPSA) is 106 Å². The maximum atomic E-state index is 8.82. The Kier molecular flexibility index (Phi) is 44.5. The molecule has 0 fully saturated rings. The predicted octanol–water partition coefficient (Wildman–Crippen LogP) is -3.10. The zero-order valence-electron chi connectivity index (χ0n) is 3.50. The average molecular weight is 331 g/mol. The molecule has 9 heavy (non-hydrogen) atoms. The van der Waals surface area contributed by atoms with Gasteiger partial charge in [-0.2, -0.15) is 0 Å². The summed E-state index contributed by atoms with van der Waals surface area (Å²) in [5.41, 5.74) is 0. The van der Waals surface area contributed by atoms with E-state index in [0.29, 0.717) is 0 Å². The molecule has 0 unspecified atom stereocenters. The Morgan fingerprint density at radius 1 is 1.11 bits per heavy atom. The van der Waals surface area contributed by atoms with Crippen LogP contribution in [0.15, 0.2) is 0 Å². The van der Waals surface area contributed by atoms with Gasteiger partial charge in [-0.15, -0.1) is 0 Å². The molecule has 0 amide bonds. The molecule has 58 valence electrons. The van der Waals surface area contributed by atoms with Crippen molar-refractivity contribution in [2.45, 2.75) is 0 Å². The average Bonchev–Trinajstić information content (AvgIpc) is 0.722. The zero-order chi connectivity index (χ0) is 4.50. The van der Waals surface area contributed by atoms with Crippen LogP contribution in [0.25, 0.3) is 0 Å². The Morgan fingerprint density at radius 3 is 1.11 bits per heavy atom. The fraction of sp³-hybridized carbons (Fsp3) is 0. The molecular formula is H6CaCrCuO5Y. The molecule has 0 spiro atoms. The summed E-state index contributed by atoms with van der Waals surface area (Å²) in [6.45, 7) is 0. The molecule has 0 rings (SSSR count). The van der Waals surface area contributed by atoms with Crippen LogP contribution in [0, 0.1) is 0 Å². The minimum atomic E-state index is -5.25. The van der Waals surface area contributed by atoms with Crippen molar-refractivity contribution in [2.24, 2.45) is 0 Å². The second-order valence-corrected chi connectivity index (χ2v) is 1.85. The van der Waals surface area contributed by atoms with Crippen LogP contribution < -0.4 is 0 Å². The molecule has 0 aliphatic heterocycles. The first-order valence-corrected chi connectivity index (χ1v) is 2.88. The summed E-state index contributed by atoms with van der Waals surface area (Å²) in [6.07, 6.45) is 0. The SMILES string of the molecule is O.[CaH2].[Cu].[O]=[Cr](=[O])([OH])[OH].[Y]. The summed E-state index contributed by atoms with van der Waals surface area (Å²) in [4.78, 5) is 0. The maximum absolute atomic E-state index is 8.82. The maximum Gasteiger partial charge on any atom is 0 e. The largest absolute Gasteiger partial charge is 0 e. The van der Waals surface area contributed by atoms with E-state index in [9.17, 15) is 0 Å². The normalized spacial score (nSPS) is 6.44. The van der Waals surface area contributed by atoms with Gasteiger partial charge in [0.15, 0.2) is 0 Å². The minimum Gasteiger partial charge on any atom is 0 e. The van der Waals surface area contributed by atoms with Crippen molar-refractivity contribution in [3.63, 3.8) is 0 Å². The van der Waals surface area contributed by atoms with E-state index in [0.717, 1.165) is 0 Å². The second kappa shape index (κ2) is 13.5. The Morgan fingerprint density at radius 2 is 1.11 bits per heavy atom. The first-order chi connectivity index (χ1) is 2.00. The molecule has 0 bridgehead atoms. The standard InChI is InChI=1S/Ca.Cr.Cu.3H2O.2O.Y.2H/h;;;3*1H2;;;;;/q;+2;;;;;;;;;/p-2. The molecule has 0 aromatic heterocycles. The summed E-state index contributed by atoms with van der Waals surface area (Å²) in [5.74, 6) is 0. The third-order valence-corrected chi connectivity index (χ3v) is 0. The van der Waals surface area contributed by atoms with Gasteiger partial charge in [-0.3, -0.25) is 0 Å². The fourth-order valence-electron chi connectivity index (χ4n) is 0. The van der Waals surface area contributed by atoms with Crippen LogP contribution >= 0.6 is 0 Å². The van der Waals surface area contributed by atoms with E-state index >= 15 is 0 Å². The molecule has 4 N–H and O–H groups in total. The van der Waals surface area contributed by atoms with E-state index in [1.807, 2.05) is 0 Å². The van der Waals surface area contributed by atoms with Crippen molar-refractivity contribution in [1.29, 1.82) is 0 Å². The third kappa shape index (κ3) is 103. The third-order valence-electron chi connectivity index (χ3n) is 0. The molecule has 0 heterocycles. The van der Waals surface area contributed by atoms with E-state index in [-0.39, 0.29) is 93.0 Å². The van der Waals surface area contributed by atoms with Gasteiger partial charge in [0.1, 0.15) is 0 Å². The monoisotopic (exact) mass is 330 g/mol. The first kappa shape index (κ1) is 29.7. The molecular weight excluding hydrogens is 325 g/mol. The summed E-state index contributed by atoms with van der Waals surface area (Å²) in [6, 6.07) is 0. The van der Waals surface area contributed by atoms with Gasteiger partial charge in [-0.25, -0.2) is 0 Å². The van der Waals surface area contributed by atoms with Crippen molar-refractivity contribution in [2.75, 3.05) is 0 Å². The van der Waals surface area contributed by atoms with Gasteiger partial charge in [0.2, 0.25) is 0 Å². The van der Waals surface area contributed by atoms with Gasteiger partial charge in [-0.05, 0) is 0 Å². The molecule has 0 aliphatic carbocycles. The minimum absolute atomic E-state index is 0. The molecule has 0 aromatic rings. The smallest absolute Gasteiger partial charge is 0 e. The van der Waals surface area contributed by atoms with Gasteiger partial charge in [0, 0.05) is 49.8 Å². The van der Waals surface area contributed by atoms with Crippen molar-refractivity contribution < 1.29 is 84.8 Å². The fourth-order valence-corrected chi connectivity index (χ4v) is 0. The van der Waals surface area contributed by atoms with Crippen LogP contribution in [0.4, 0.5) is 0 Å². The number of hydrogen-bond donors (Lipinski definition) is 2. The van der Waals surface area contributed by atoms with E-state index in [1.54, 1.807) is 0 Å². The van der Waals surface area contributed by atoms with Gasteiger partial charge in [0.25, 0.3) is 0 Å². The molecule has 0 aromatic carbocycles. The molecule has 2 radical (unpaired) electrons. The molecule has 0 saturated heterocycles. The van der Waals surface area contributed by atoms with Crippen LogP contribution in [0.3, 0.4) is 0 Å². The zero-order valence-corrected chi connectivity index (χ0v) is 8.55. The Hall–Kier alpha value is 2.90. The van der Waals surface area contributed by atoms with Crippen LogP contribution in [0.2, 0.25) is 0 Å². The van der Waals surface area contributed by atoms with Gasteiger partial charge in [-0.1, -0.05) is 0 Å². The van der Waals surface area contributed by atoms with Crippen molar-refractivity contribution in [3.8, 4) is 0 Å². The number of hydrogen-bond acceptors (Lipinski definition) is 2. The van der Waals surface area contributed by atoms with Gasteiger partial charge < -0.3 is 5.48 Å². The Bertz CT molecular complexity index is 100. The Balaban J connectivity index is -0.0000000133. The van der Waals surface area contributed by atoms with Gasteiger partial charge in [0.05, 0.1) is 0 Å². The quantitative estimate of drug-likeness (QED) is 0.459. The van der Waals surface area contributed by atoms with E-state index in [4.69, 9.17) is 15.9 Å². The van der Waals surface area contributed by atoms with Crippen molar-refractivity contribution in [3.05, 3.63) is 0 Å². The molecule has 5 nitrogen and oxygen atoms in total. The number of rotatable bonds is 0. The van der Waals surface area contributed by atoms with Crippen molar-refractivity contribution in [1.82, 2.24) is 0 Å². The summed E-state index contributed by atoms with van der Waals surface area (Å²) in [7, 11) is 0. The first-order valence-electron chi connectivity index (χ1n) is 0.698. The molecule has 0 saturated carbocycles. The van der Waals surface area contributed by atoms with E-state index in [2.05, 4.69) is 0 Å². The summed E-state index contributed by atoms with van der Waals surface area (Å²) >= 11 is -5.25. The molecule has 9 heteroatoms. The van der Waals surface area contributed by atoms with Crippen LogP contribution in [-0.4, -0.2) is 51.5 Å². The Labute approximate surface area is 120 Å². The van der Waals surface area contributed by atoms with E-state index < -0.39 is 13.6 Å².